The van der Waals surface area contributed by atoms with Crippen LogP contribution in [0, 0.1) is 11.3 Å². The summed E-state index contributed by atoms with van der Waals surface area (Å²) in [5, 5.41) is 11.8. The highest BCUT2D eigenvalue weighted by Crippen LogP contribution is 2.70. The Morgan fingerprint density at radius 3 is 1.57 bits per heavy atom. The third-order valence-electron chi connectivity index (χ3n) is 14.5. The Morgan fingerprint density at radius 1 is 0.400 bits per heavy atom. The topological polar surface area (TPSA) is 40.2 Å². The van der Waals surface area contributed by atoms with Gasteiger partial charge in [-0.15, -0.1) is 11.3 Å². The Kier molecular flexibility index (Phi) is 9.04. The zero-order chi connectivity index (χ0) is 46.3. The molecule has 0 atom stereocenters. The Labute approximate surface area is 410 Å². The van der Waals surface area contributed by atoms with Gasteiger partial charge in [0.05, 0.1) is 22.7 Å². The quantitative estimate of drug-likeness (QED) is 0.160. The molecule has 326 valence electrons. The van der Waals surface area contributed by atoms with E-state index in [0.29, 0.717) is 5.56 Å². The predicted octanol–water partition coefficient (Wildman–Crippen LogP) is 18.0. The lowest BCUT2D eigenvalue weighted by atomic mass is 9.69. The summed E-state index contributed by atoms with van der Waals surface area (Å²) in [7, 11) is 0. The van der Waals surface area contributed by atoms with Crippen molar-refractivity contribution < 1.29 is 4.42 Å². The van der Waals surface area contributed by atoms with Crippen molar-refractivity contribution in [1.29, 1.82) is 5.26 Å². The highest BCUT2D eigenvalue weighted by atomic mass is 32.1. The maximum atomic E-state index is 9.55. The van der Waals surface area contributed by atoms with E-state index < -0.39 is 5.41 Å². The van der Waals surface area contributed by atoms with E-state index >= 15 is 0 Å². The van der Waals surface area contributed by atoms with Crippen molar-refractivity contribution in [2.75, 3.05) is 4.90 Å². The van der Waals surface area contributed by atoms with Gasteiger partial charge in [0, 0.05) is 48.6 Å². The number of benzene rings is 10. The summed E-state index contributed by atoms with van der Waals surface area (Å²) in [5.41, 5.74) is 21.9. The molecule has 2 aliphatic rings. The molecular weight excluding hydrogens is 869 g/mol. The first kappa shape index (κ1) is 40.1. The molecule has 3 nitrogen and oxygen atoms in total. The molecule has 0 aliphatic heterocycles. The van der Waals surface area contributed by atoms with Crippen molar-refractivity contribution in [3.05, 3.63) is 270 Å². The van der Waals surface area contributed by atoms with E-state index in [-0.39, 0.29) is 0 Å². The maximum Gasteiger partial charge on any atom is 0.143 e. The number of nitriles is 1. The molecule has 0 saturated carbocycles. The normalized spacial score (nSPS) is 12.7. The minimum Gasteiger partial charge on any atom is -0.455 e. The smallest absolute Gasteiger partial charge is 0.143 e. The molecule has 12 aromatic rings. The van der Waals surface area contributed by atoms with Crippen LogP contribution >= 0.6 is 11.3 Å². The van der Waals surface area contributed by atoms with Gasteiger partial charge in [-0.2, -0.15) is 5.26 Å². The molecule has 0 radical (unpaired) electrons. The zero-order valence-corrected chi connectivity index (χ0v) is 38.6. The maximum absolute atomic E-state index is 9.55. The molecule has 0 unspecified atom stereocenters. The monoisotopic (exact) mass is 908 g/mol. The number of furan rings is 1. The highest BCUT2D eigenvalue weighted by Gasteiger charge is 2.56. The van der Waals surface area contributed by atoms with Crippen molar-refractivity contribution in [2.45, 2.75) is 5.41 Å². The van der Waals surface area contributed by atoms with E-state index in [9.17, 15) is 5.26 Å². The fourth-order valence-corrected chi connectivity index (χ4v) is 13.0. The molecule has 0 saturated heterocycles. The van der Waals surface area contributed by atoms with Crippen molar-refractivity contribution in [1.82, 2.24) is 0 Å². The SMILES string of the molecule is N#Cc1ccc(-c2ccc(N(c3ccc(-c4cccc5c4oc4ccccc45)cc3)c3cccc4c3C3(c5ccccc5-c5ccccc53)c3c(-c5ccccc5)sc(-c5ccccc5)c3-4)cc2)cc1. The van der Waals surface area contributed by atoms with Crippen LogP contribution < -0.4 is 4.90 Å². The van der Waals surface area contributed by atoms with Crippen LogP contribution in [-0.4, -0.2) is 0 Å². The Bertz CT molecular complexity index is 4000. The summed E-state index contributed by atoms with van der Waals surface area (Å²) in [6.07, 6.45) is 0. The standard InChI is InChI=1S/C66H40N2OS/c67-41-42-29-31-43(32-30-42)44-33-37-48(38-34-44)68(49-39-35-45(36-40-49)50-22-13-23-54-53-21-9-12-28-59(53)69-63(50)54)58-27-14-24-55-60-62(65(47-17-5-2-6-18-47)70-64(60)46-15-3-1-4-16-46)66(61(55)58)56-25-10-7-19-51(56)52-20-8-11-26-57(52)66/h1-40H. The number of nitrogens with zero attached hydrogens (tertiary/aromatic N) is 2. The number of hydrogen-bond acceptors (Lipinski definition) is 4. The highest BCUT2D eigenvalue weighted by molar-refractivity contribution is 7.19. The Hall–Kier alpha value is -9.01. The molecule has 2 heterocycles. The molecule has 14 rings (SSSR count). The van der Waals surface area contributed by atoms with Crippen LogP contribution in [0.15, 0.2) is 247 Å². The van der Waals surface area contributed by atoms with Crippen LogP contribution in [0.3, 0.4) is 0 Å². The van der Waals surface area contributed by atoms with E-state index in [1.807, 2.05) is 47.7 Å². The fraction of sp³-hybridized carbons (Fsp3) is 0.0152. The van der Waals surface area contributed by atoms with Gasteiger partial charge >= 0.3 is 0 Å². The van der Waals surface area contributed by atoms with E-state index in [0.717, 1.165) is 61.3 Å². The number of fused-ring (bicyclic) bond motifs is 13. The number of thiophene rings is 1. The molecule has 10 aromatic carbocycles. The molecule has 0 N–H and O–H groups in total. The number of rotatable bonds is 7. The van der Waals surface area contributed by atoms with Gasteiger partial charge in [-0.3, -0.25) is 0 Å². The lowest BCUT2D eigenvalue weighted by Gasteiger charge is -2.36. The molecule has 2 aliphatic carbocycles. The average Bonchev–Trinajstić information content (AvgIpc) is 4.18. The van der Waals surface area contributed by atoms with Crippen LogP contribution in [0.1, 0.15) is 27.8 Å². The third kappa shape index (κ3) is 5.86. The first-order chi connectivity index (χ1) is 34.7. The molecule has 0 bridgehead atoms. The summed E-state index contributed by atoms with van der Waals surface area (Å²) >= 11 is 1.91. The van der Waals surface area contributed by atoms with Crippen molar-refractivity contribution >= 4 is 50.3 Å². The van der Waals surface area contributed by atoms with Crippen molar-refractivity contribution in [2.24, 2.45) is 0 Å². The molecule has 2 aromatic heterocycles. The van der Waals surface area contributed by atoms with Crippen LogP contribution in [0.4, 0.5) is 17.1 Å². The van der Waals surface area contributed by atoms with Crippen molar-refractivity contribution in [3.63, 3.8) is 0 Å². The van der Waals surface area contributed by atoms with Crippen LogP contribution in [0.5, 0.6) is 0 Å². The second-order valence-electron chi connectivity index (χ2n) is 18.2. The van der Waals surface area contributed by atoms with Gasteiger partial charge in [-0.1, -0.05) is 194 Å². The lowest BCUT2D eigenvalue weighted by Crippen LogP contribution is -2.28. The molecule has 0 fully saturated rings. The van der Waals surface area contributed by atoms with Gasteiger partial charge in [-0.05, 0) is 110 Å². The number of anilines is 3. The first-order valence-corrected chi connectivity index (χ1v) is 24.5. The molecular formula is C66H40N2OS. The zero-order valence-electron chi connectivity index (χ0n) is 37.8. The fourth-order valence-electron chi connectivity index (χ4n) is 11.6. The van der Waals surface area contributed by atoms with Gasteiger partial charge in [0.2, 0.25) is 0 Å². The summed E-state index contributed by atoms with van der Waals surface area (Å²) in [6, 6.07) is 89.9. The molecule has 1 spiro atoms. The van der Waals surface area contributed by atoms with Gasteiger partial charge in [0.25, 0.3) is 0 Å². The van der Waals surface area contributed by atoms with E-state index in [1.165, 1.54) is 65.4 Å². The average molecular weight is 909 g/mol. The van der Waals surface area contributed by atoms with Gasteiger partial charge in [0.1, 0.15) is 11.2 Å². The minimum atomic E-state index is -0.666. The second kappa shape index (κ2) is 15.8. The van der Waals surface area contributed by atoms with E-state index in [2.05, 4.69) is 217 Å². The predicted molar refractivity (Wildman–Crippen MR) is 289 cm³/mol. The van der Waals surface area contributed by atoms with Gasteiger partial charge in [-0.25, -0.2) is 0 Å². The summed E-state index contributed by atoms with van der Waals surface area (Å²) in [4.78, 5) is 5.03. The summed E-state index contributed by atoms with van der Waals surface area (Å²) in [5.74, 6) is 0. The summed E-state index contributed by atoms with van der Waals surface area (Å²) < 4.78 is 6.56. The van der Waals surface area contributed by atoms with Gasteiger partial charge < -0.3 is 9.32 Å². The molecule has 4 heteroatoms. The van der Waals surface area contributed by atoms with Crippen molar-refractivity contribution in [3.8, 4) is 71.5 Å². The van der Waals surface area contributed by atoms with Crippen LogP contribution in [-0.2, 0) is 5.41 Å². The minimum absolute atomic E-state index is 0.646. The number of hydrogen-bond donors (Lipinski definition) is 0. The number of para-hydroxylation sites is 2. The lowest BCUT2D eigenvalue weighted by molar-refractivity contribution is 0.670. The summed E-state index contributed by atoms with van der Waals surface area (Å²) in [6.45, 7) is 0. The van der Waals surface area contributed by atoms with Crippen LogP contribution in [0.2, 0.25) is 0 Å². The van der Waals surface area contributed by atoms with E-state index in [1.54, 1.807) is 0 Å². The molecule has 70 heavy (non-hydrogen) atoms. The van der Waals surface area contributed by atoms with Crippen LogP contribution in [0.25, 0.3) is 87.3 Å². The largest absolute Gasteiger partial charge is 0.455 e. The Balaban J connectivity index is 1.05. The Morgan fingerprint density at radius 2 is 0.914 bits per heavy atom. The third-order valence-corrected chi connectivity index (χ3v) is 15.8. The second-order valence-corrected chi connectivity index (χ2v) is 19.2. The van der Waals surface area contributed by atoms with E-state index in [4.69, 9.17) is 4.42 Å². The van der Waals surface area contributed by atoms with Gasteiger partial charge in [0.15, 0.2) is 0 Å². The molecule has 0 amide bonds. The first-order valence-electron chi connectivity index (χ1n) is 23.7.